The summed E-state index contributed by atoms with van der Waals surface area (Å²) in [6.07, 6.45) is 3.43. The summed E-state index contributed by atoms with van der Waals surface area (Å²) in [5.74, 6) is -2.45. The van der Waals surface area contributed by atoms with Gasteiger partial charge >= 0.3 is 13.2 Å². The topological polar surface area (TPSA) is 113 Å². The smallest absolute Gasteiger partial charge is 0.455 e. The van der Waals surface area contributed by atoms with Crippen molar-refractivity contribution in [3.8, 4) is 5.75 Å². The Morgan fingerprint density at radius 3 is 2.67 bits per heavy atom. The molecule has 2 N–H and O–H groups in total. The minimum absolute atomic E-state index is 0.119. The number of ether oxygens (including phenoxy) is 1. The fourth-order valence-corrected chi connectivity index (χ4v) is 6.04. The minimum Gasteiger partial charge on any atom is -0.508 e. The van der Waals surface area contributed by atoms with Crippen LogP contribution in [-0.4, -0.2) is 53.3 Å². The summed E-state index contributed by atoms with van der Waals surface area (Å²) in [6, 6.07) is 7.08. The average Bonchev–Trinajstić information content (AvgIpc) is 3.10. The first-order valence-corrected chi connectivity index (χ1v) is 12.7. The van der Waals surface area contributed by atoms with Crippen molar-refractivity contribution in [2.45, 2.75) is 58.9 Å². The Morgan fingerprint density at radius 1 is 1.28 bits per heavy atom. The Morgan fingerprint density at radius 2 is 2.03 bits per heavy atom. The van der Waals surface area contributed by atoms with Gasteiger partial charge in [-0.15, -0.1) is 0 Å². The van der Waals surface area contributed by atoms with Crippen LogP contribution in [0.2, 0.25) is 6.32 Å². The Hall–Kier alpha value is -2.91. The van der Waals surface area contributed by atoms with Crippen molar-refractivity contribution in [3.05, 3.63) is 46.5 Å². The number of amides is 3. The Labute approximate surface area is 212 Å². The number of allylic oxidation sites excluding steroid dienone is 2. The number of hydrogen-bond donors (Lipinski definition) is 2. The summed E-state index contributed by atoms with van der Waals surface area (Å²) in [4.78, 5) is 39.2. The van der Waals surface area contributed by atoms with E-state index in [1.165, 1.54) is 5.57 Å². The van der Waals surface area contributed by atoms with E-state index >= 15 is 0 Å². The maximum atomic E-state index is 13.3. The van der Waals surface area contributed by atoms with Gasteiger partial charge in [0.05, 0.1) is 25.0 Å². The first-order chi connectivity index (χ1) is 17.2. The lowest BCUT2D eigenvalue weighted by Gasteiger charge is -2.44. The fraction of sp³-hybridized carbons (Fsp3) is 0.519. The highest BCUT2D eigenvalue weighted by Crippen LogP contribution is 2.52. The molecule has 0 saturated carbocycles. The van der Waals surface area contributed by atoms with Crippen molar-refractivity contribution in [1.29, 1.82) is 0 Å². The molecule has 0 spiro atoms. The van der Waals surface area contributed by atoms with Gasteiger partial charge in [-0.05, 0) is 67.1 Å². The van der Waals surface area contributed by atoms with Crippen LogP contribution in [0.25, 0.3) is 6.08 Å². The number of methoxy groups -OCH3 is 1. The molecule has 8 nitrogen and oxygen atoms in total. The molecule has 2 aliphatic heterocycles. The zero-order chi connectivity index (χ0) is 26.1. The third-order valence-electron chi connectivity index (χ3n) is 7.72. The highest BCUT2D eigenvalue weighted by molar-refractivity contribution is 6.43. The van der Waals surface area contributed by atoms with Crippen LogP contribution in [0.5, 0.6) is 5.75 Å². The lowest BCUT2D eigenvalue weighted by molar-refractivity contribution is -0.137. The van der Waals surface area contributed by atoms with Crippen LogP contribution in [0.1, 0.15) is 52.0 Å². The number of carbonyl (C=O) groups excluding carboxylic acids is 3. The third-order valence-corrected chi connectivity index (χ3v) is 7.72. The number of hydrogen-bond acceptors (Lipinski definition) is 7. The summed E-state index contributed by atoms with van der Waals surface area (Å²) in [5.41, 5.74) is 4.15. The highest BCUT2D eigenvalue weighted by Gasteiger charge is 2.59. The number of fused-ring (bicyclic) bond motifs is 3. The number of carbonyl (C=O) groups is 3. The van der Waals surface area contributed by atoms with Gasteiger partial charge in [0, 0.05) is 0 Å². The third kappa shape index (κ3) is 4.86. The van der Waals surface area contributed by atoms with Crippen LogP contribution < -0.4 is 0 Å². The van der Waals surface area contributed by atoms with Gasteiger partial charge in [-0.25, -0.2) is 4.79 Å². The first-order valence-electron chi connectivity index (χ1n) is 12.7. The van der Waals surface area contributed by atoms with Crippen LogP contribution in [0.3, 0.4) is 0 Å². The molecule has 0 bridgehead atoms. The molecule has 4 atom stereocenters. The molecule has 2 heterocycles. The van der Waals surface area contributed by atoms with Crippen molar-refractivity contribution in [2.75, 3.05) is 7.11 Å². The van der Waals surface area contributed by atoms with Crippen LogP contribution in [-0.2, 0) is 19.0 Å². The Kier molecular flexibility index (Phi) is 7.71. The van der Waals surface area contributed by atoms with E-state index in [-0.39, 0.29) is 23.9 Å². The summed E-state index contributed by atoms with van der Waals surface area (Å²) >= 11 is 0. The molecule has 0 aromatic heterocycles. The molecule has 192 valence electrons. The molecule has 3 amide bonds. The number of imide groups is 3. The van der Waals surface area contributed by atoms with Crippen molar-refractivity contribution in [3.63, 3.8) is 0 Å². The number of rotatable bonds is 6. The molecule has 0 unspecified atom stereocenters. The highest BCUT2D eigenvalue weighted by atomic mass is 16.5. The largest absolute Gasteiger partial charge is 0.508 e. The molecule has 0 radical (unpaired) electrons. The first kappa shape index (κ1) is 26.2. The standard InChI is InChI=1S/C27H34BNO7/c1-5-16(11-17-7-6-8-18(30)12-17)9-10-22-23-19(15(2)3)13-20-24(21(23)14-28(34)36-22)26(32)29(25(20)31)27(33)35-4/h6-8,11-12,15,20-22,24,30,34H,5,9-10,13-14H2,1-4H3/b16-11+/t20-,21+,22-,24-/m1/s1. The molecule has 4 rings (SSSR count). The van der Waals surface area contributed by atoms with Crippen LogP contribution >= 0.6 is 0 Å². The van der Waals surface area contributed by atoms with E-state index in [2.05, 4.69) is 26.8 Å². The lowest BCUT2D eigenvalue weighted by atomic mass is 9.57. The fourth-order valence-electron chi connectivity index (χ4n) is 6.04. The monoisotopic (exact) mass is 495 g/mol. The summed E-state index contributed by atoms with van der Waals surface area (Å²) in [5, 5.41) is 20.4. The van der Waals surface area contributed by atoms with Gasteiger partial charge in [0.25, 0.3) is 0 Å². The van der Waals surface area contributed by atoms with E-state index < -0.39 is 43.0 Å². The second-order valence-electron chi connectivity index (χ2n) is 10.2. The van der Waals surface area contributed by atoms with Gasteiger partial charge in [-0.2, -0.15) is 4.90 Å². The Bertz CT molecular complexity index is 1110. The van der Waals surface area contributed by atoms with E-state index in [1.54, 1.807) is 18.2 Å². The maximum absolute atomic E-state index is 13.3. The molecular formula is C27H34BNO7. The average molecular weight is 495 g/mol. The number of phenols is 1. The molecule has 3 aliphatic rings. The minimum atomic E-state index is -1.06. The van der Waals surface area contributed by atoms with E-state index in [4.69, 9.17) is 9.39 Å². The maximum Gasteiger partial charge on any atom is 0.455 e. The molecule has 1 aliphatic carbocycles. The lowest BCUT2D eigenvalue weighted by Crippen LogP contribution is -2.46. The summed E-state index contributed by atoms with van der Waals surface area (Å²) in [6.45, 7) is 6.18. The number of nitrogens with zero attached hydrogens (tertiary/aromatic N) is 1. The zero-order valence-electron chi connectivity index (χ0n) is 21.3. The molecule has 1 aromatic carbocycles. The van der Waals surface area contributed by atoms with Crippen molar-refractivity contribution >= 4 is 31.1 Å². The molecule has 2 fully saturated rings. The van der Waals surface area contributed by atoms with Crippen molar-refractivity contribution < 1.29 is 33.9 Å². The second kappa shape index (κ2) is 10.6. The van der Waals surface area contributed by atoms with Gasteiger partial charge in [-0.1, -0.05) is 50.1 Å². The predicted octanol–water partition coefficient (Wildman–Crippen LogP) is 4.19. The van der Waals surface area contributed by atoms with Crippen LogP contribution in [0, 0.1) is 23.7 Å². The normalized spacial score (nSPS) is 26.4. The molecule has 2 saturated heterocycles. The zero-order valence-corrected chi connectivity index (χ0v) is 21.3. The quantitative estimate of drug-likeness (QED) is 0.346. The van der Waals surface area contributed by atoms with E-state index in [9.17, 15) is 24.5 Å². The van der Waals surface area contributed by atoms with Crippen LogP contribution in [0.15, 0.2) is 41.0 Å². The van der Waals surface area contributed by atoms with Gasteiger partial charge in [0.1, 0.15) is 5.75 Å². The number of aromatic hydroxyl groups is 1. The van der Waals surface area contributed by atoms with Gasteiger partial charge in [0.2, 0.25) is 11.8 Å². The van der Waals surface area contributed by atoms with E-state index in [0.29, 0.717) is 24.2 Å². The van der Waals surface area contributed by atoms with Crippen LogP contribution in [0.4, 0.5) is 4.79 Å². The van der Waals surface area contributed by atoms with Crippen molar-refractivity contribution in [1.82, 2.24) is 4.90 Å². The summed E-state index contributed by atoms with van der Waals surface area (Å²) < 4.78 is 10.7. The van der Waals surface area contributed by atoms with Crippen molar-refractivity contribution in [2.24, 2.45) is 23.7 Å². The predicted molar refractivity (Wildman–Crippen MR) is 134 cm³/mol. The molecule has 36 heavy (non-hydrogen) atoms. The molecule has 1 aromatic rings. The molecule has 9 heteroatoms. The summed E-state index contributed by atoms with van der Waals surface area (Å²) in [7, 11) is 0.0870. The van der Waals surface area contributed by atoms with Gasteiger partial charge < -0.3 is 19.5 Å². The number of likely N-dealkylation sites (tertiary alicyclic amines) is 1. The van der Waals surface area contributed by atoms with Gasteiger partial charge in [-0.3, -0.25) is 9.59 Å². The van der Waals surface area contributed by atoms with Gasteiger partial charge in [0.15, 0.2) is 0 Å². The SMILES string of the molecule is CC/C(=C\c1cccc(O)c1)CC[C@H]1OB(O)C[C@H]2C1=C(C(C)C)C[C@H]1C(=O)N(C(=O)OC)C(=O)[C@H]12. The van der Waals surface area contributed by atoms with E-state index in [1.807, 2.05) is 6.07 Å². The second-order valence-corrected chi connectivity index (χ2v) is 10.2. The Balaban J connectivity index is 1.64. The molecular weight excluding hydrogens is 461 g/mol. The number of benzene rings is 1. The van der Waals surface area contributed by atoms with E-state index in [0.717, 1.165) is 30.2 Å². The number of phenolic OH excluding ortho intramolecular Hbond substituents is 1.